The van der Waals surface area contributed by atoms with E-state index in [2.05, 4.69) is 17.0 Å². The van der Waals surface area contributed by atoms with Crippen LogP contribution >= 0.6 is 0 Å². The molecule has 0 saturated heterocycles. The summed E-state index contributed by atoms with van der Waals surface area (Å²) in [6.07, 6.45) is -2.79. The van der Waals surface area contributed by atoms with E-state index < -0.39 is 6.36 Å². The highest BCUT2D eigenvalue weighted by Crippen LogP contribution is 2.37. The first kappa shape index (κ1) is 26.2. The van der Waals surface area contributed by atoms with Crippen LogP contribution in [0.4, 0.5) is 13.2 Å². The third-order valence-corrected chi connectivity index (χ3v) is 5.36. The van der Waals surface area contributed by atoms with Crippen LogP contribution in [-0.2, 0) is 9.53 Å². The maximum Gasteiger partial charge on any atom is 0.573 e. The van der Waals surface area contributed by atoms with Crippen molar-refractivity contribution < 1.29 is 32.2 Å². The summed E-state index contributed by atoms with van der Waals surface area (Å²) in [6, 6.07) is 13.2. The van der Waals surface area contributed by atoms with E-state index in [1.807, 2.05) is 19.1 Å². The molecule has 0 unspecified atom stereocenters. The van der Waals surface area contributed by atoms with Crippen LogP contribution in [0.2, 0.25) is 0 Å². The number of hydrogen-bond donors (Lipinski definition) is 1. The van der Waals surface area contributed by atoms with Crippen LogP contribution in [0.5, 0.6) is 5.75 Å². The number of nitrogens with one attached hydrogen (secondary N) is 1. The molecule has 5 nitrogen and oxygen atoms in total. The van der Waals surface area contributed by atoms with E-state index in [0.29, 0.717) is 12.2 Å². The van der Waals surface area contributed by atoms with Gasteiger partial charge in [-0.25, -0.2) is 0 Å². The molecule has 180 valence electrons. The van der Waals surface area contributed by atoms with Crippen molar-refractivity contribution in [2.75, 3.05) is 13.2 Å². The van der Waals surface area contributed by atoms with Gasteiger partial charge >= 0.3 is 12.3 Å². The van der Waals surface area contributed by atoms with Gasteiger partial charge in [0.1, 0.15) is 5.75 Å². The number of benzene rings is 2. The Kier molecular flexibility index (Phi) is 9.75. The molecule has 0 heterocycles. The second kappa shape index (κ2) is 12.3. The van der Waals surface area contributed by atoms with Crippen LogP contribution in [0, 0.1) is 0 Å². The molecule has 8 heteroatoms. The number of rotatable bonds is 11. The summed E-state index contributed by atoms with van der Waals surface area (Å²) in [5, 5.41) is 2.70. The summed E-state index contributed by atoms with van der Waals surface area (Å²) < 4.78 is 46.0. The van der Waals surface area contributed by atoms with E-state index in [0.717, 1.165) is 24.0 Å². The fourth-order valence-electron chi connectivity index (χ4n) is 3.72. The van der Waals surface area contributed by atoms with Crippen molar-refractivity contribution in [3.05, 3.63) is 65.2 Å². The second-order valence-corrected chi connectivity index (χ2v) is 7.73. The zero-order valence-corrected chi connectivity index (χ0v) is 19.1. The van der Waals surface area contributed by atoms with E-state index in [-0.39, 0.29) is 42.4 Å². The molecule has 33 heavy (non-hydrogen) atoms. The third-order valence-electron chi connectivity index (χ3n) is 5.36. The van der Waals surface area contributed by atoms with Gasteiger partial charge in [0.05, 0.1) is 13.0 Å². The maximum absolute atomic E-state index is 12.4. The Morgan fingerprint density at radius 3 is 2.12 bits per heavy atom. The van der Waals surface area contributed by atoms with Gasteiger partial charge in [0.15, 0.2) is 0 Å². The Bertz CT molecular complexity index is 895. The molecule has 0 spiro atoms. The molecule has 0 radical (unpaired) electrons. The van der Waals surface area contributed by atoms with Gasteiger partial charge in [-0.3, -0.25) is 9.59 Å². The van der Waals surface area contributed by atoms with Gasteiger partial charge in [-0.2, -0.15) is 0 Å². The molecule has 1 N–H and O–H groups in total. The third kappa shape index (κ3) is 8.44. The Morgan fingerprint density at radius 1 is 0.970 bits per heavy atom. The summed E-state index contributed by atoms with van der Waals surface area (Å²) in [5.74, 6) is -0.697. The van der Waals surface area contributed by atoms with Crippen LogP contribution in [-0.4, -0.2) is 31.4 Å². The lowest BCUT2D eigenvalue weighted by molar-refractivity contribution is -0.274. The van der Waals surface area contributed by atoms with Crippen molar-refractivity contribution in [1.82, 2.24) is 5.32 Å². The summed E-state index contributed by atoms with van der Waals surface area (Å²) in [7, 11) is 0. The van der Waals surface area contributed by atoms with E-state index in [4.69, 9.17) is 4.74 Å². The average Bonchev–Trinajstić information content (AvgIpc) is 2.77. The highest BCUT2D eigenvalue weighted by atomic mass is 19.4. The molecule has 0 saturated carbocycles. The highest BCUT2D eigenvalue weighted by molar-refractivity contribution is 5.94. The van der Waals surface area contributed by atoms with E-state index in [1.54, 1.807) is 31.2 Å². The number of hydrogen-bond acceptors (Lipinski definition) is 4. The predicted molar refractivity (Wildman–Crippen MR) is 119 cm³/mol. The Labute approximate surface area is 192 Å². The minimum atomic E-state index is -4.72. The van der Waals surface area contributed by atoms with Gasteiger partial charge in [0.25, 0.3) is 5.91 Å². The summed E-state index contributed by atoms with van der Waals surface area (Å²) >= 11 is 0. The lowest BCUT2D eigenvalue weighted by Crippen LogP contribution is -2.26. The normalized spacial score (nSPS) is 13.2. The molecule has 0 aliphatic heterocycles. The first-order valence-corrected chi connectivity index (χ1v) is 11.0. The Morgan fingerprint density at radius 2 is 1.58 bits per heavy atom. The number of carbonyl (C=O) groups excluding carboxylic acids is 2. The van der Waals surface area contributed by atoms with Gasteiger partial charge in [-0.15, -0.1) is 13.2 Å². The largest absolute Gasteiger partial charge is 0.573 e. The number of amides is 1. The molecular weight excluding hydrogens is 435 g/mol. The van der Waals surface area contributed by atoms with Crippen molar-refractivity contribution >= 4 is 11.9 Å². The summed E-state index contributed by atoms with van der Waals surface area (Å²) in [5.41, 5.74) is 2.44. The first-order valence-electron chi connectivity index (χ1n) is 11.0. The lowest BCUT2D eigenvalue weighted by atomic mass is 9.80. The van der Waals surface area contributed by atoms with E-state index in [1.165, 1.54) is 12.1 Å². The maximum atomic E-state index is 12.4. The van der Waals surface area contributed by atoms with Gasteiger partial charge in [0, 0.05) is 12.1 Å². The molecular formula is C25H30F3NO4. The van der Waals surface area contributed by atoms with Crippen molar-refractivity contribution in [3.8, 4) is 5.75 Å². The van der Waals surface area contributed by atoms with E-state index in [9.17, 15) is 22.8 Å². The summed E-state index contributed by atoms with van der Waals surface area (Å²) in [4.78, 5) is 23.7. The van der Waals surface area contributed by atoms with Gasteiger partial charge in [-0.1, -0.05) is 44.5 Å². The van der Waals surface area contributed by atoms with Crippen LogP contribution in [0.3, 0.4) is 0 Å². The molecule has 0 aromatic heterocycles. The van der Waals surface area contributed by atoms with Crippen molar-refractivity contribution in [3.63, 3.8) is 0 Å². The van der Waals surface area contributed by atoms with Crippen LogP contribution in [0.1, 0.15) is 73.4 Å². The fourth-order valence-corrected chi connectivity index (χ4v) is 3.72. The van der Waals surface area contributed by atoms with Crippen LogP contribution in [0.15, 0.2) is 48.5 Å². The Hall–Kier alpha value is -3.03. The molecule has 0 aliphatic carbocycles. The van der Waals surface area contributed by atoms with Crippen molar-refractivity contribution in [1.29, 1.82) is 0 Å². The first-order chi connectivity index (χ1) is 15.6. The van der Waals surface area contributed by atoms with Gasteiger partial charge in [0.2, 0.25) is 0 Å². The minimum absolute atomic E-state index is 0.0501. The number of halogens is 3. The molecule has 2 aromatic carbocycles. The number of carbonyl (C=O) groups is 2. The molecule has 0 fully saturated rings. The number of esters is 1. The SMILES string of the molecule is CCC[C@@H](c1ccc(C(=O)NCCC(=O)OCC)cc1)[C@H](C)c1ccc(OC(F)(F)F)cc1. The quantitative estimate of drug-likeness (QED) is 0.416. The zero-order chi connectivity index (χ0) is 24.4. The monoisotopic (exact) mass is 465 g/mol. The molecule has 1 amide bonds. The van der Waals surface area contributed by atoms with Crippen LogP contribution in [0.25, 0.3) is 0 Å². The molecule has 2 atom stereocenters. The number of alkyl halides is 3. The smallest absolute Gasteiger partial charge is 0.466 e. The minimum Gasteiger partial charge on any atom is -0.466 e. The Balaban J connectivity index is 2.06. The number of ether oxygens (including phenoxy) is 2. The lowest BCUT2D eigenvalue weighted by Gasteiger charge is -2.25. The van der Waals surface area contributed by atoms with Gasteiger partial charge in [-0.05, 0) is 60.6 Å². The summed E-state index contributed by atoms with van der Waals surface area (Å²) in [6.45, 7) is 6.34. The van der Waals surface area contributed by atoms with Crippen molar-refractivity contribution in [2.24, 2.45) is 0 Å². The zero-order valence-electron chi connectivity index (χ0n) is 19.1. The van der Waals surface area contributed by atoms with Crippen LogP contribution < -0.4 is 10.1 Å². The highest BCUT2D eigenvalue weighted by Gasteiger charge is 2.31. The molecule has 0 bridgehead atoms. The van der Waals surface area contributed by atoms with Crippen molar-refractivity contribution in [2.45, 2.75) is 58.2 Å². The molecule has 2 rings (SSSR count). The van der Waals surface area contributed by atoms with Gasteiger partial charge < -0.3 is 14.8 Å². The predicted octanol–water partition coefficient (Wildman–Crippen LogP) is 5.96. The molecule has 2 aromatic rings. The molecule has 0 aliphatic rings. The fraction of sp³-hybridized carbons (Fsp3) is 0.440. The van der Waals surface area contributed by atoms with E-state index >= 15 is 0 Å². The second-order valence-electron chi connectivity index (χ2n) is 7.73. The standard InChI is InChI=1S/C25H30F3NO4/c1-4-6-22(17(3)18-11-13-21(14-12-18)33-25(26,27)28)19-7-9-20(10-8-19)24(31)29-16-15-23(30)32-5-2/h7-14,17,22H,4-6,15-16H2,1-3H3,(H,29,31)/t17-,22-/m1/s1. The topological polar surface area (TPSA) is 64.6 Å². The average molecular weight is 466 g/mol.